The molecule has 1 aliphatic rings. The van der Waals surface area contributed by atoms with Gasteiger partial charge in [-0.25, -0.2) is 4.68 Å². The second-order valence-electron chi connectivity index (χ2n) is 10.7. The van der Waals surface area contributed by atoms with Gasteiger partial charge in [0.2, 0.25) is 0 Å². The lowest BCUT2D eigenvalue weighted by atomic mass is 9.86. The van der Waals surface area contributed by atoms with Crippen LogP contribution >= 0.6 is 0 Å². The topological polar surface area (TPSA) is 78.0 Å². The summed E-state index contributed by atoms with van der Waals surface area (Å²) >= 11 is 0. The molecule has 3 aromatic heterocycles. The number of pyridine rings is 1. The SMILES string of the molecule is Cc1nnn(C)c1-c1ccc2c3ncc(C(C)(C)O)cc3n(C(c3ccccc3)C3CCOCC3)c2c1. The first-order valence-corrected chi connectivity index (χ1v) is 13.0. The highest BCUT2D eigenvalue weighted by atomic mass is 16.5. The number of benzene rings is 2. The van der Waals surface area contributed by atoms with Gasteiger partial charge in [-0.3, -0.25) is 4.98 Å². The van der Waals surface area contributed by atoms with Crippen LogP contribution in [0.5, 0.6) is 0 Å². The lowest BCUT2D eigenvalue weighted by molar-refractivity contribution is 0.0552. The maximum absolute atomic E-state index is 10.9. The third-order valence-electron chi connectivity index (χ3n) is 7.75. The van der Waals surface area contributed by atoms with Gasteiger partial charge in [0.1, 0.15) is 0 Å². The Kier molecular flexibility index (Phi) is 5.85. The number of nitrogens with zero attached hydrogens (tertiary/aromatic N) is 5. The molecule has 1 aliphatic heterocycles. The minimum Gasteiger partial charge on any atom is -0.386 e. The Bertz CT molecular complexity index is 1550. The summed E-state index contributed by atoms with van der Waals surface area (Å²) in [6.45, 7) is 7.15. The minimum atomic E-state index is -0.994. The molecule has 6 rings (SSSR count). The van der Waals surface area contributed by atoms with E-state index in [4.69, 9.17) is 9.72 Å². The molecule has 7 nitrogen and oxygen atoms in total. The predicted octanol–water partition coefficient (Wildman–Crippen LogP) is 5.54. The average Bonchev–Trinajstić information content (AvgIpc) is 3.40. The molecule has 4 heterocycles. The summed E-state index contributed by atoms with van der Waals surface area (Å²) in [6, 6.07) is 19.5. The van der Waals surface area contributed by atoms with E-state index in [1.54, 1.807) is 6.20 Å². The number of hydrogen-bond acceptors (Lipinski definition) is 5. The van der Waals surface area contributed by atoms with Crippen molar-refractivity contribution in [2.24, 2.45) is 13.0 Å². The summed E-state index contributed by atoms with van der Waals surface area (Å²) in [7, 11) is 1.93. The maximum Gasteiger partial charge on any atom is 0.0960 e. The Hall–Kier alpha value is -3.55. The first kappa shape index (κ1) is 23.8. The monoisotopic (exact) mass is 495 g/mol. The summed E-state index contributed by atoms with van der Waals surface area (Å²) in [6.07, 6.45) is 3.79. The first-order chi connectivity index (χ1) is 17.8. The Morgan fingerprint density at radius 1 is 1.03 bits per heavy atom. The molecule has 0 radical (unpaired) electrons. The molecular formula is C30H33N5O2. The molecule has 0 saturated carbocycles. The number of aliphatic hydroxyl groups is 1. The number of hydrogen-bond donors (Lipinski definition) is 1. The molecule has 7 heteroatoms. The Morgan fingerprint density at radius 3 is 2.46 bits per heavy atom. The lowest BCUT2D eigenvalue weighted by Crippen LogP contribution is -2.27. The fourth-order valence-electron chi connectivity index (χ4n) is 5.86. The quantitative estimate of drug-likeness (QED) is 0.347. The van der Waals surface area contributed by atoms with E-state index in [2.05, 4.69) is 69.5 Å². The van der Waals surface area contributed by atoms with Gasteiger partial charge >= 0.3 is 0 Å². The summed E-state index contributed by atoms with van der Waals surface area (Å²) in [4.78, 5) is 4.91. The van der Waals surface area contributed by atoms with Crippen LogP contribution in [-0.2, 0) is 17.4 Å². The summed E-state index contributed by atoms with van der Waals surface area (Å²) in [5, 5.41) is 20.5. The Balaban J connectivity index is 1.69. The molecular weight excluding hydrogens is 462 g/mol. The number of rotatable bonds is 5. The van der Waals surface area contributed by atoms with Crippen molar-refractivity contribution in [3.05, 3.63) is 77.6 Å². The second kappa shape index (κ2) is 9.08. The predicted molar refractivity (Wildman–Crippen MR) is 145 cm³/mol. The van der Waals surface area contributed by atoms with E-state index >= 15 is 0 Å². The van der Waals surface area contributed by atoms with Crippen molar-refractivity contribution in [1.82, 2.24) is 24.5 Å². The van der Waals surface area contributed by atoms with Crippen molar-refractivity contribution in [3.8, 4) is 11.3 Å². The summed E-state index contributed by atoms with van der Waals surface area (Å²) in [5.41, 5.74) is 7.15. The van der Waals surface area contributed by atoms with Gasteiger partial charge in [-0.05, 0) is 63.3 Å². The summed E-state index contributed by atoms with van der Waals surface area (Å²) in [5.74, 6) is 0.407. The summed E-state index contributed by atoms with van der Waals surface area (Å²) < 4.78 is 10.1. The molecule has 5 aromatic rings. The van der Waals surface area contributed by atoms with E-state index in [1.165, 1.54) is 5.56 Å². The van der Waals surface area contributed by atoms with Gasteiger partial charge in [-0.15, -0.1) is 5.10 Å². The molecule has 1 saturated heterocycles. The third kappa shape index (κ3) is 4.12. The van der Waals surface area contributed by atoms with E-state index in [0.717, 1.165) is 70.5 Å². The van der Waals surface area contributed by atoms with Gasteiger partial charge in [0.05, 0.1) is 39.6 Å². The van der Waals surface area contributed by atoms with Crippen LogP contribution in [0.2, 0.25) is 0 Å². The Labute approximate surface area is 216 Å². The van der Waals surface area contributed by atoms with Crippen molar-refractivity contribution < 1.29 is 9.84 Å². The zero-order valence-electron chi connectivity index (χ0n) is 21.8. The van der Waals surface area contributed by atoms with Crippen molar-refractivity contribution in [3.63, 3.8) is 0 Å². The molecule has 0 aliphatic carbocycles. The molecule has 37 heavy (non-hydrogen) atoms. The van der Waals surface area contributed by atoms with Crippen LogP contribution in [-0.4, -0.2) is 42.9 Å². The molecule has 0 spiro atoms. The van der Waals surface area contributed by atoms with Crippen LogP contribution in [0, 0.1) is 12.8 Å². The molecule has 1 fully saturated rings. The lowest BCUT2D eigenvalue weighted by Gasteiger charge is -2.33. The number of aryl methyl sites for hydroxylation is 2. The smallest absolute Gasteiger partial charge is 0.0960 e. The van der Waals surface area contributed by atoms with Crippen molar-refractivity contribution >= 4 is 21.9 Å². The fraction of sp³-hybridized carbons (Fsp3) is 0.367. The van der Waals surface area contributed by atoms with E-state index in [1.807, 2.05) is 32.5 Å². The highest BCUT2D eigenvalue weighted by Crippen LogP contribution is 2.42. The van der Waals surface area contributed by atoms with Crippen LogP contribution in [0.4, 0.5) is 0 Å². The molecule has 190 valence electrons. The van der Waals surface area contributed by atoms with E-state index in [-0.39, 0.29) is 6.04 Å². The molecule has 0 amide bonds. The van der Waals surface area contributed by atoms with Gasteiger partial charge in [0.15, 0.2) is 0 Å². The van der Waals surface area contributed by atoms with Gasteiger partial charge < -0.3 is 14.4 Å². The number of aromatic nitrogens is 5. The molecule has 1 unspecified atom stereocenters. The molecule has 2 aromatic carbocycles. The van der Waals surface area contributed by atoms with Crippen LogP contribution in [0.15, 0.2) is 60.8 Å². The maximum atomic E-state index is 10.9. The molecule has 0 bridgehead atoms. The third-order valence-corrected chi connectivity index (χ3v) is 7.75. The normalized spacial score (nSPS) is 16.0. The van der Waals surface area contributed by atoms with Crippen LogP contribution in [0.25, 0.3) is 33.2 Å². The van der Waals surface area contributed by atoms with Gasteiger partial charge in [0.25, 0.3) is 0 Å². The van der Waals surface area contributed by atoms with Gasteiger partial charge in [-0.1, -0.05) is 41.6 Å². The van der Waals surface area contributed by atoms with E-state index in [9.17, 15) is 5.11 Å². The van der Waals surface area contributed by atoms with Crippen molar-refractivity contribution in [2.75, 3.05) is 13.2 Å². The van der Waals surface area contributed by atoms with Crippen LogP contribution < -0.4 is 0 Å². The van der Waals surface area contributed by atoms with Gasteiger partial charge in [-0.2, -0.15) is 0 Å². The second-order valence-corrected chi connectivity index (χ2v) is 10.7. The van der Waals surface area contributed by atoms with Gasteiger partial charge in [0, 0.05) is 43.0 Å². The highest BCUT2D eigenvalue weighted by molar-refractivity contribution is 6.07. The van der Waals surface area contributed by atoms with Crippen molar-refractivity contribution in [2.45, 2.75) is 45.3 Å². The zero-order valence-corrected chi connectivity index (χ0v) is 21.8. The standard InChI is InChI=1S/C30H33N5O2/c1-19-28(34(4)33-32-19)22-10-11-24-25(16-22)35(26-17-23(30(2,3)36)18-31-27(24)26)29(20-8-6-5-7-9-20)21-12-14-37-15-13-21/h5-11,16-18,21,29,36H,12-15H2,1-4H3. The fourth-order valence-corrected chi connectivity index (χ4v) is 5.86. The largest absolute Gasteiger partial charge is 0.386 e. The first-order valence-electron chi connectivity index (χ1n) is 13.0. The number of ether oxygens (including phenoxy) is 1. The molecule has 1 N–H and O–H groups in total. The molecule has 1 atom stereocenters. The number of fused-ring (bicyclic) bond motifs is 3. The van der Waals surface area contributed by atoms with E-state index in [0.29, 0.717) is 5.92 Å². The average molecular weight is 496 g/mol. The van der Waals surface area contributed by atoms with E-state index < -0.39 is 5.60 Å². The zero-order chi connectivity index (χ0) is 25.7. The highest BCUT2D eigenvalue weighted by Gasteiger charge is 2.31. The van der Waals surface area contributed by atoms with Crippen molar-refractivity contribution in [1.29, 1.82) is 0 Å². The van der Waals surface area contributed by atoms with Crippen LogP contribution in [0.1, 0.15) is 49.6 Å². The Morgan fingerprint density at radius 2 is 1.78 bits per heavy atom. The minimum absolute atomic E-state index is 0.102. The van der Waals surface area contributed by atoms with Crippen LogP contribution in [0.3, 0.4) is 0 Å².